The lowest BCUT2D eigenvalue weighted by Crippen LogP contribution is -2.08. The lowest BCUT2D eigenvalue weighted by atomic mass is 10.0. The highest BCUT2D eigenvalue weighted by atomic mass is 16.5. The molecule has 1 heterocycles. The predicted octanol–water partition coefficient (Wildman–Crippen LogP) is 2.95. The number of benzene rings is 1. The van der Waals surface area contributed by atoms with Crippen molar-refractivity contribution in [1.82, 2.24) is 0 Å². The molecular formula is C16H20O6. The molecule has 0 amide bonds. The molecule has 0 aliphatic carbocycles. The lowest BCUT2D eigenvalue weighted by molar-refractivity contribution is -0.141. The SMILES string of the molecule is CCCCC(C)C(=O)O.O=C(O)c1cccc2c1C(=O)OC2. The van der Waals surface area contributed by atoms with Crippen LogP contribution in [0.5, 0.6) is 0 Å². The molecule has 0 saturated heterocycles. The van der Waals surface area contributed by atoms with Crippen LogP contribution in [0.3, 0.4) is 0 Å². The fraction of sp³-hybridized carbons (Fsp3) is 0.438. The Balaban J connectivity index is 0.000000239. The number of carboxylic acids is 2. The molecule has 6 nitrogen and oxygen atoms in total. The van der Waals surface area contributed by atoms with Crippen LogP contribution in [0.1, 0.15) is 59.4 Å². The monoisotopic (exact) mass is 308 g/mol. The molecule has 1 aliphatic rings. The second kappa shape index (κ2) is 8.17. The molecule has 6 heteroatoms. The highest BCUT2D eigenvalue weighted by molar-refractivity contribution is 6.04. The highest BCUT2D eigenvalue weighted by Gasteiger charge is 2.26. The van der Waals surface area contributed by atoms with Gasteiger partial charge in [-0.1, -0.05) is 38.8 Å². The van der Waals surface area contributed by atoms with Gasteiger partial charge in [0.1, 0.15) is 6.61 Å². The molecule has 0 radical (unpaired) electrons. The predicted molar refractivity (Wildman–Crippen MR) is 78.8 cm³/mol. The number of hydrogen-bond donors (Lipinski definition) is 2. The van der Waals surface area contributed by atoms with Gasteiger partial charge in [0, 0.05) is 5.56 Å². The maximum atomic E-state index is 11.1. The lowest BCUT2D eigenvalue weighted by Gasteiger charge is -2.02. The first kappa shape index (κ1) is 17.7. The second-order valence-corrected chi connectivity index (χ2v) is 5.10. The fourth-order valence-corrected chi connectivity index (χ4v) is 1.99. The van der Waals surface area contributed by atoms with Crippen molar-refractivity contribution < 1.29 is 29.3 Å². The zero-order valence-corrected chi connectivity index (χ0v) is 12.7. The summed E-state index contributed by atoms with van der Waals surface area (Å²) in [6.45, 7) is 3.99. The molecule has 1 atom stereocenters. The molecule has 1 aliphatic heterocycles. The van der Waals surface area contributed by atoms with Crippen LogP contribution in [0.2, 0.25) is 0 Å². The summed E-state index contributed by atoms with van der Waals surface area (Å²) < 4.78 is 4.71. The number of fused-ring (bicyclic) bond motifs is 1. The summed E-state index contributed by atoms with van der Waals surface area (Å²) in [5, 5.41) is 17.2. The first-order valence-corrected chi connectivity index (χ1v) is 7.13. The first-order chi connectivity index (χ1) is 10.4. The minimum absolute atomic E-state index is 0.0139. The van der Waals surface area contributed by atoms with Crippen molar-refractivity contribution in [2.75, 3.05) is 0 Å². The van der Waals surface area contributed by atoms with Crippen molar-refractivity contribution >= 4 is 17.9 Å². The Labute approximate surface area is 128 Å². The van der Waals surface area contributed by atoms with Crippen molar-refractivity contribution in [3.63, 3.8) is 0 Å². The maximum Gasteiger partial charge on any atom is 0.339 e. The van der Waals surface area contributed by atoms with Gasteiger partial charge in [0.2, 0.25) is 0 Å². The molecule has 2 rings (SSSR count). The number of hydrogen-bond acceptors (Lipinski definition) is 4. The van der Waals surface area contributed by atoms with Crippen LogP contribution in [0, 0.1) is 5.92 Å². The fourth-order valence-electron chi connectivity index (χ4n) is 1.99. The van der Waals surface area contributed by atoms with Crippen LogP contribution in [-0.4, -0.2) is 28.1 Å². The van der Waals surface area contributed by atoms with E-state index in [0.717, 1.165) is 19.3 Å². The molecule has 0 aromatic heterocycles. The van der Waals surface area contributed by atoms with Gasteiger partial charge in [-0.05, 0) is 12.5 Å². The van der Waals surface area contributed by atoms with E-state index in [-0.39, 0.29) is 23.7 Å². The van der Waals surface area contributed by atoms with Gasteiger partial charge in [0.05, 0.1) is 17.0 Å². The van der Waals surface area contributed by atoms with Crippen LogP contribution >= 0.6 is 0 Å². The second-order valence-electron chi connectivity index (χ2n) is 5.10. The van der Waals surface area contributed by atoms with Gasteiger partial charge in [0.25, 0.3) is 0 Å². The summed E-state index contributed by atoms with van der Waals surface area (Å²) in [6, 6.07) is 4.69. The Morgan fingerprint density at radius 1 is 1.32 bits per heavy atom. The van der Waals surface area contributed by atoms with Gasteiger partial charge < -0.3 is 14.9 Å². The van der Waals surface area contributed by atoms with E-state index < -0.39 is 17.9 Å². The summed E-state index contributed by atoms with van der Waals surface area (Å²) in [5.41, 5.74) is 0.847. The van der Waals surface area contributed by atoms with Crippen molar-refractivity contribution in [3.8, 4) is 0 Å². The van der Waals surface area contributed by atoms with Crippen molar-refractivity contribution in [2.45, 2.75) is 39.7 Å². The minimum Gasteiger partial charge on any atom is -0.481 e. The maximum absolute atomic E-state index is 11.1. The number of carbonyl (C=O) groups excluding carboxylic acids is 1. The Morgan fingerprint density at radius 2 is 2.00 bits per heavy atom. The molecule has 1 unspecified atom stereocenters. The topological polar surface area (TPSA) is 101 Å². The van der Waals surface area contributed by atoms with Crippen molar-refractivity contribution in [2.24, 2.45) is 5.92 Å². The minimum atomic E-state index is -1.10. The van der Waals surface area contributed by atoms with Gasteiger partial charge in [-0.25, -0.2) is 9.59 Å². The van der Waals surface area contributed by atoms with E-state index in [0.29, 0.717) is 5.56 Å². The molecule has 1 aromatic rings. The third-order valence-electron chi connectivity index (χ3n) is 3.36. The molecule has 0 bridgehead atoms. The highest BCUT2D eigenvalue weighted by Crippen LogP contribution is 2.23. The van der Waals surface area contributed by atoms with E-state index in [1.807, 2.05) is 0 Å². The summed E-state index contributed by atoms with van der Waals surface area (Å²) in [4.78, 5) is 32.0. The number of carboxylic acid groups (broad SMARTS) is 2. The quantitative estimate of drug-likeness (QED) is 0.811. The van der Waals surface area contributed by atoms with Crippen LogP contribution in [0.25, 0.3) is 0 Å². The molecule has 1 aromatic carbocycles. The van der Waals surface area contributed by atoms with Crippen LogP contribution in [0.4, 0.5) is 0 Å². The van der Waals surface area contributed by atoms with E-state index in [2.05, 4.69) is 6.92 Å². The Morgan fingerprint density at radius 3 is 2.55 bits per heavy atom. The van der Waals surface area contributed by atoms with Crippen LogP contribution in [0.15, 0.2) is 18.2 Å². The average Bonchev–Trinajstić information content (AvgIpc) is 2.87. The third kappa shape index (κ3) is 4.58. The molecule has 120 valence electrons. The van der Waals surface area contributed by atoms with Gasteiger partial charge >= 0.3 is 17.9 Å². The number of rotatable bonds is 5. The van der Waals surface area contributed by atoms with E-state index in [1.54, 1.807) is 19.1 Å². The third-order valence-corrected chi connectivity index (χ3v) is 3.36. The van der Waals surface area contributed by atoms with E-state index in [1.165, 1.54) is 6.07 Å². The molecule has 22 heavy (non-hydrogen) atoms. The summed E-state index contributed by atoms with van der Waals surface area (Å²) >= 11 is 0. The largest absolute Gasteiger partial charge is 0.481 e. The molecule has 0 spiro atoms. The number of unbranched alkanes of at least 4 members (excludes halogenated alkanes) is 1. The van der Waals surface area contributed by atoms with Gasteiger partial charge in [-0.2, -0.15) is 0 Å². The molecule has 0 saturated carbocycles. The summed E-state index contributed by atoms with van der Waals surface area (Å²) in [5.74, 6) is -2.49. The molecule has 2 N–H and O–H groups in total. The Kier molecular flexibility index (Phi) is 6.56. The van der Waals surface area contributed by atoms with Crippen molar-refractivity contribution in [1.29, 1.82) is 0 Å². The van der Waals surface area contributed by atoms with Gasteiger partial charge in [0.15, 0.2) is 0 Å². The average molecular weight is 308 g/mol. The number of aromatic carboxylic acids is 1. The van der Waals surface area contributed by atoms with Gasteiger partial charge in [-0.15, -0.1) is 0 Å². The standard InChI is InChI=1S/C9H6O4.C7H14O2/c10-8(11)6-3-1-2-5-4-13-9(12)7(5)6;1-3-4-5-6(2)7(8)9/h1-3H,4H2,(H,10,11);6H,3-5H2,1-2H3,(H,8,9). The summed E-state index contributed by atoms with van der Waals surface area (Å²) in [7, 11) is 0. The Hall–Kier alpha value is -2.37. The Bertz CT molecular complexity index is 564. The van der Waals surface area contributed by atoms with Crippen LogP contribution in [-0.2, 0) is 16.1 Å². The van der Waals surface area contributed by atoms with E-state index in [9.17, 15) is 14.4 Å². The van der Waals surface area contributed by atoms with Gasteiger partial charge in [-0.3, -0.25) is 4.79 Å². The van der Waals surface area contributed by atoms with E-state index in [4.69, 9.17) is 14.9 Å². The number of esters is 1. The molecule has 0 fully saturated rings. The number of ether oxygens (including phenoxy) is 1. The van der Waals surface area contributed by atoms with Crippen LogP contribution < -0.4 is 0 Å². The normalized spacial score (nSPS) is 13.5. The zero-order valence-electron chi connectivity index (χ0n) is 12.7. The molecular weight excluding hydrogens is 288 g/mol. The zero-order chi connectivity index (χ0) is 16.7. The number of carbonyl (C=O) groups is 3. The summed E-state index contributed by atoms with van der Waals surface area (Å²) in [6.07, 6.45) is 2.91. The first-order valence-electron chi connectivity index (χ1n) is 7.13. The number of aliphatic carboxylic acids is 1. The van der Waals surface area contributed by atoms with Crippen molar-refractivity contribution in [3.05, 3.63) is 34.9 Å². The van der Waals surface area contributed by atoms with E-state index >= 15 is 0 Å². The number of cyclic esters (lactones) is 1. The smallest absolute Gasteiger partial charge is 0.339 e.